The molecule has 0 atom stereocenters. The first-order valence-corrected chi connectivity index (χ1v) is 8.59. The van der Waals surface area contributed by atoms with Gasteiger partial charge in [0.2, 0.25) is 5.88 Å². The third-order valence-electron chi connectivity index (χ3n) is 4.17. The Morgan fingerprint density at radius 1 is 1.25 bits per heavy atom. The summed E-state index contributed by atoms with van der Waals surface area (Å²) in [6, 6.07) is 3.84. The van der Waals surface area contributed by atoms with Crippen molar-refractivity contribution in [3.63, 3.8) is 0 Å². The first-order valence-electron chi connectivity index (χ1n) is 7.71. The topological polar surface area (TPSA) is 63.0 Å². The quantitative estimate of drug-likeness (QED) is 0.725. The zero-order valence-electron chi connectivity index (χ0n) is 13.3. The van der Waals surface area contributed by atoms with Crippen LogP contribution >= 0.6 is 11.3 Å². The molecule has 3 aromatic heterocycles. The normalized spacial score (nSPS) is 15.0. The van der Waals surface area contributed by atoms with Gasteiger partial charge in [-0.15, -0.1) is 11.3 Å². The Morgan fingerprint density at radius 3 is 2.75 bits per heavy atom. The number of fused-ring (bicyclic) bond motifs is 1. The second-order valence-corrected chi connectivity index (χ2v) is 6.43. The van der Waals surface area contributed by atoms with Gasteiger partial charge in [-0.3, -0.25) is 9.20 Å². The molecule has 1 aliphatic heterocycles. The molecule has 0 N–H and O–H groups in total. The predicted octanol–water partition coefficient (Wildman–Crippen LogP) is 1.76. The number of amides is 1. The first-order chi connectivity index (χ1) is 11.7. The van der Waals surface area contributed by atoms with Crippen molar-refractivity contribution in [3.8, 4) is 5.88 Å². The second-order valence-electron chi connectivity index (χ2n) is 5.56. The van der Waals surface area contributed by atoms with Gasteiger partial charge in [0.15, 0.2) is 4.96 Å². The van der Waals surface area contributed by atoms with Crippen molar-refractivity contribution >= 4 is 27.9 Å². The summed E-state index contributed by atoms with van der Waals surface area (Å²) in [5, 5.41) is 1.96. The fourth-order valence-electron chi connectivity index (χ4n) is 2.84. The molecule has 4 rings (SSSR count). The van der Waals surface area contributed by atoms with E-state index in [4.69, 9.17) is 4.74 Å². The molecule has 1 fully saturated rings. The number of imidazole rings is 1. The number of hydrogen-bond donors (Lipinski definition) is 0. The van der Waals surface area contributed by atoms with Crippen molar-refractivity contribution in [2.45, 2.75) is 0 Å². The van der Waals surface area contributed by atoms with E-state index in [1.807, 2.05) is 33.0 Å². The van der Waals surface area contributed by atoms with Crippen molar-refractivity contribution in [3.05, 3.63) is 41.8 Å². The van der Waals surface area contributed by atoms with Crippen LogP contribution in [0, 0.1) is 0 Å². The van der Waals surface area contributed by atoms with Crippen LogP contribution < -0.4 is 9.64 Å². The number of pyridine rings is 1. The van der Waals surface area contributed by atoms with Gasteiger partial charge in [0.05, 0.1) is 19.0 Å². The van der Waals surface area contributed by atoms with Crippen LogP contribution in [-0.4, -0.2) is 58.5 Å². The van der Waals surface area contributed by atoms with Crippen molar-refractivity contribution in [1.82, 2.24) is 19.3 Å². The number of methoxy groups -OCH3 is 1. The van der Waals surface area contributed by atoms with Crippen LogP contribution in [0.4, 0.5) is 5.69 Å². The minimum absolute atomic E-state index is 0.00148. The summed E-state index contributed by atoms with van der Waals surface area (Å²) in [5.41, 5.74) is 1.56. The summed E-state index contributed by atoms with van der Waals surface area (Å²) in [5.74, 6) is 0.603. The summed E-state index contributed by atoms with van der Waals surface area (Å²) < 4.78 is 6.97. The van der Waals surface area contributed by atoms with Crippen LogP contribution in [0.3, 0.4) is 0 Å². The van der Waals surface area contributed by atoms with E-state index in [0.29, 0.717) is 24.7 Å². The maximum atomic E-state index is 12.6. The molecule has 3 aromatic rings. The Balaban J connectivity index is 1.41. The van der Waals surface area contributed by atoms with Gasteiger partial charge in [-0.25, -0.2) is 9.97 Å². The molecule has 0 saturated carbocycles. The molecular formula is C16H17N5O2S. The highest BCUT2D eigenvalue weighted by molar-refractivity contribution is 7.15. The fraction of sp³-hybridized carbons (Fsp3) is 0.312. The fourth-order valence-corrected chi connectivity index (χ4v) is 3.54. The van der Waals surface area contributed by atoms with Crippen molar-refractivity contribution in [2.24, 2.45) is 0 Å². The van der Waals surface area contributed by atoms with E-state index in [9.17, 15) is 4.79 Å². The van der Waals surface area contributed by atoms with Gasteiger partial charge in [0.25, 0.3) is 5.91 Å². The minimum atomic E-state index is -0.00148. The number of ether oxygens (including phenoxy) is 1. The molecule has 1 aliphatic rings. The molecule has 0 spiro atoms. The number of nitrogens with zero attached hydrogens (tertiary/aromatic N) is 5. The minimum Gasteiger partial charge on any atom is -0.481 e. The molecule has 0 bridgehead atoms. The number of piperazine rings is 1. The van der Waals surface area contributed by atoms with E-state index in [1.165, 1.54) is 11.3 Å². The molecule has 0 radical (unpaired) electrons. The highest BCUT2D eigenvalue weighted by atomic mass is 32.1. The molecular weight excluding hydrogens is 326 g/mol. The van der Waals surface area contributed by atoms with E-state index in [2.05, 4.69) is 14.9 Å². The van der Waals surface area contributed by atoms with Crippen LogP contribution in [0.5, 0.6) is 5.88 Å². The lowest BCUT2D eigenvalue weighted by Gasteiger charge is -2.35. The van der Waals surface area contributed by atoms with Gasteiger partial charge in [-0.1, -0.05) is 0 Å². The van der Waals surface area contributed by atoms with E-state index in [1.54, 1.807) is 19.5 Å². The highest BCUT2D eigenvalue weighted by Crippen LogP contribution is 2.19. The van der Waals surface area contributed by atoms with Crippen LogP contribution in [0.2, 0.25) is 0 Å². The van der Waals surface area contributed by atoms with Gasteiger partial charge in [-0.05, 0) is 6.07 Å². The Kier molecular flexibility index (Phi) is 3.81. The number of aromatic nitrogens is 3. The molecule has 4 heterocycles. The van der Waals surface area contributed by atoms with Gasteiger partial charge in [0, 0.05) is 50.0 Å². The molecule has 1 amide bonds. The zero-order chi connectivity index (χ0) is 16.5. The number of carbonyl (C=O) groups is 1. The van der Waals surface area contributed by atoms with Gasteiger partial charge in [-0.2, -0.15) is 0 Å². The lowest BCUT2D eigenvalue weighted by molar-refractivity contribution is 0.0741. The van der Waals surface area contributed by atoms with Crippen LogP contribution in [-0.2, 0) is 0 Å². The number of thiazole rings is 1. The van der Waals surface area contributed by atoms with Crippen LogP contribution in [0.1, 0.15) is 10.5 Å². The van der Waals surface area contributed by atoms with E-state index >= 15 is 0 Å². The van der Waals surface area contributed by atoms with Gasteiger partial charge < -0.3 is 14.5 Å². The van der Waals surface area contributed by atoms with E-state index < -0.39 is 0 Å². The monoisotopic (exact) mass is 343 g/mol. The maximum Gasteiger partial charge on any atom is 0.274 e. The number of hydrogen-bond acceptors (Lipinski definition) is 6. The van der Waals surface area contributed by atoms with Crippen molar-refractivity contribution in [1.29, 1.82) is 0 Å². The largest absolute Gasteiger partial charge is 0.481 e. The average molecular weight is 343 g/mol. The summed E-state index contributed by atoms with van der Waals surface area (Å²) in [7, 11) is 1.60. The predicted molar refractivity (Wildman–Crippen MR) is 92.0 cm³/mol. The lowest BCUT2D eigenvalue weighted by atomic mass is 10.2. The standard InChI is InChI=1S/C16H17N5O2S/c1-23-14-3-2-12(10-17-14)19-4-6-20(7-5-19)15(22)13-11-21-8-9-24-16(21)18-13/h2-3,8-11H,4-7H2,1H3. The Hall–Kier alpha value is -2.61. The second kappa shape index (κ2) is 6.12. The zero-order valence-corrected chi connectivity index (χ0v) is 14.1. The van der Waals surface area contributed by atoms with Crippen molar-refractivity contribution < 1.29 is 9.53 Å². The van der Waals surface area contributed by atoms with E-state index in [0.717, 1.165) is 23.7 Å². The molecule has 0 aromatic carbocycles. The first kappa shape index (κ1) is 14.9. The van der Waals surface area contributed by atoms with Gasteiger partial charge >= 0.3 is 0 Å². The Bertz CT molecular complexity index is 820. The average Bonchev–Trinajstić information content (AvgIpc) is 3.23. The number of carbonyl (C=O) groups excluding carboxylic acids is 1. The van der Waals surface area contributed by atoms with Crippen LogP contribution in [0.15, 0.2) is 36.1 Å². The molecule has 0 aliphatic carbocycles. The van der Waals surface area contributed by atoms with E-state index in [-0.39, 0.29) is 5.91 Å². The van der Waals surface area contributed by atoms with Crippen molar-refractivity contribution in [2.75, 3.05) is 38.2 Å². The summed E-state index contributed by atoms with van der Waals surface area (Å²) >= 11 is 1.53. The molecule has 24 heavy (non-hydrogen) atoms. The molecule has 8 heteroatoms. The summed E-state index contributed by atoms with van der Waals surface area (Å²) in [6.45, 7) is 2.91. The van der Waals surface area contributed by atoms with Crippen LogP contribution in [0.25, 0.3) is 4.96 Å². The SMILES string of the molecule is COc1ccc(N2CCN(C(=O)c3cn4ccsc4n3)CC2)cn1. The van der Waals surface area contributed by atoms with Gasteiger partial charge in [0.1, 0.15) is 5.69 Å². The summed E-state index contributed by atoms with van der Waals surface area (Å²) in [4.78, 5) is 26.2. The Morgan fingerprint density at radius 2 is 2.08 bits per heavy atom. The highest BCUT2D eigenvalue weighted by Gasteiger charge is 2.24. The number of anilines is 1. The smallest absolute Gasteiger partial charge is 0.274 e. The molecule has 7 nitrogen and oxygen atoms in total. The third-order valence-corrected chi connectivity index (χ3v) is 4.94. The molecule has 0 unspecified atom stereocenters. The maximum absolute atomic E-state index is 12.6. The molecule has 124 valence electrons. The molecule has 1 saturated heterocycles. The third kappa shape index (κ3) is 2.69. The lowest BCUT2D eigenvalue weighted by Crippen LogP contribution is -2.48. The number of rotatable bonds is 3. The Labute approximate surface area is 143 Å². The summed E-state index contributed by atoms with van der Waals surface area (Å²) in [6.07, 6.45) is 5.52.